The maximum Gasteiger partial charge on any atom is 0.354 e. The molecule has 5 rings (SSSR count). The van der Waals surface area contributed by atoms with Crippen LogP contribution >= 0.6 is 0 Å². The summed E-state index contributed by atoms with van der Waals surface area (Å²) in [5, 5.41) is 3.88. The van der Waals surface area contributed by atoms with Gasteiger partial charge in [-0.1, -0.05) is 12.1 Å². The maximum atomic E-state index is 12.3. The number of H-pyrrole nitrogens is 2. The van der Waals surface area contributed by atoms with Gasteiger partial charge >= 0.3 is 11.9 Å². The minimum Gasteiger partial charge on any atom is -0.461 e. The first kappa shape index (κ1) is 19.2. The Morgan fingerprint density at radius 2 is 1.23 bits per heavy atom. The molecule has 3 heterocycles. The molecule has 0 amide bonds. The number of nitrogens with one attached hydrogen (secondary N) is 2. The van der Waals surface area contributed by atoms with Gasteiger partial charge in [-0.2, -0.15) is 0 Å². The number of hydrogen-bond acceptors (Lipinski definition) is 4. The molecule has 0 saturated carbocycles. The molecule has 0 fully saturated rings. The van der Waals surface area contributed by atoms with Crippen molar-refractivity contribution < 1.29 is 19.1 Å². The summed E-state index contributed by atoms with van der Waals surface area (Å²) >= 11 is 0. The van der Waals surface area contributed by atoms with Crippen molar-refractivity contribution in [3.63, 3.8) is 0 Å². The zero-order chi connectivity index (χ0) is 21.7. The van der Waals surface area contributed by atoms with Crippen LogP contribution in [0.5, 0.6) is 0 Å². The molecular weight excluding hydrogens is 394 g/mol. The Labute approximate surface area is 177 Å². The molecule has 0 aliphatic carbocycles. The van der Waals surface area contributed by atoms with E-state index < -0.39 is 0 Å². The minimum absolute atomic E-state index is 0.318. The number of hydrogen-bond donors (Lipinski definition) is 2. The fraction of sp³-hybridized carbons (Fsp3) is 0.250. The molecule has 31 heavy (non-hydrogen) atoms. The molecule has 2 aromatic carbocycles. The first-order valence-corrected chi connectivity index (χ1v) is 10.5. The van der Waals surface area contributed by atoms with E-state index >= 15 is 0 Å². The second kappa shape index (κ2) is 7.19. The lowest BCUT2D eigenvalue weighted by Crippen LogP contribution is -2.04. The van der Waals surface area contributed by atoms with Gasteiger partial charge < -0.3 is 24.0 Å². The van der Waals surface area contributed by atoms with Crippen LogP contribution in [0.25, 0.3) is 43.6 Å². The van der Waals surface area contributed by atoms with E-state index in [1.54, 1.807) is 13.8 Å². The zero-order valence-corrected chi connectivity index (χ0v) is 17.7. The van der Waals surface area contributed by atoms with E-state index in [0.717, 1.165) is 50.2 Å². The molecule has 5 aromatic rings. The summed E-state index contributed by atoms with van der Waals surface area (Å²) in [6.07, 6.45) is 0. The zero-order valence-electron chi connectivity index (χ0n) is 17.7. The van der Waals surface area contributed by atoms with E-state index in [4.69, 9.17) is 9.47 Å². The average molecular weight is 417 g/mol. The van der Waals surface area contributed by atoms with Crippen molar-refractivity contribution in [3.8, 4) is 0 Å². The maximum absolute atomic E-state index is 12.3. The monoisotopic (exact) mass is 417 g/mol. The third-order valence-corrected chi connectivity index (χ3v) is 5.69. The van der Waals surface area contributed by atoms with Gasteiger partial charge in [0.2, 0.25) is 0 Å². The van der Waals surface area contributed by atoms with Crippen LogP contribution < -0.4 is 0 Å². The predicted octanol–water partition coefficient (Wildman–Crippen LogP) is 5.13. The van der Waals surface area contributed by atoms with Crippen LogP contribution in [0.3, 0.4) is 0 Å². The molecule has 0 radical (unpaired) electrons. The summed E-state index contributed by atoms with van der Waals surface area (Å²) in [4.78, 5) is 31.2. The summed E-state index contributed by atoms with van der Waals surface area (Å²) in [7, 11) is 0. The Morgan fingerprint density at radius 1 is 0.774 bits per heavy atom. The topological polar surface area (TPSA) is 89.1 Å². The number of fused-ring (bicyclic) bond motifs is 7. The van der Waals surface area contributed by atoms with E-state index in [2.05, 4.69) is 33.6 Å². The number of aromatic nitrogens is 3. The molecule has 3 aromatic heterocycles. The van der Waals surface area contributed by atoms with Crippen molar-refractivity contribution in [1.82, 2.24) is 14.5 Å². The fourth-order valence-electron chi connectivity index (χ4n) is 4.44. The Bertz CT molecular complexity index is 1380. The van der Waals surface area contributed by atoms with Crippen molar-refractivity contribution in [3.05, 3.63) is 47.8 Å². The molecular formula is C24H23N3O4. The number of ether oxygens (including phenoxy) is 2. The quantitative estimate of drug-likeness (QED) is 0.388. The lowest BCUT2D eigenvalue weighted by Gasteiger charge is -2.02. The lowest BCUT2D eigenvalue weighted by molar-refractivity contribution is 0.0511. The summed E-state index contributed by atoms with van der Waals surface area (Å²) < 4.78 is 12.6. The lowest BCUT2D eigenvalue weighted by atomic mass is 10.1. The number of nitrogens with zero attached hydrogens (tertiary/aromatic N) is 1. The van der Waals surface area contributed by atoms with Gasteiger partial charge in [-0.05, 0) is 45.0 Å². The van der Waals surface area contributed by atoms with Gasteiger partial charge in [0.1, 0.15) is 11.4 Å². The van der Waals surface area contributed by atoms with Crippen molar-refractivity contribution in [2.24, 2.45) is 0 Å². The normalized spacial score (nSPS) is 11.7. The Balaban J connectivity index is 1.88. The highest BCUT2D eigenvalue weighted by molar-refractivity contribution is 6.27. The van der Waals surface area contributed by atoms with E-state index in [-0.39, 0.29) is 11.9 Å². The van der Waals surface area contributed by atoms with Crippen molar-refractivity contribution in [1.29, 1.82) is 0 Å². The van der Waals surface area contributed by atoms with Crippen LogP contribution in [-0.4, -0.2) is 39.7 Å². The number of aryl methyl sites for hydroxylation is 1. The third-order valence-electron chi connectivity index (χ3n) is 5.69. The predicted molar refractivity (Wildman–Crippen MR) is 121 cm³/mol. The van der Waals surface area contributed by atoms with Crippen LogP contribution in [-0.2, 0) is 16.0 Å². The van der Waals surface area contributed by atoms with Crippen molar-refractivity contribution >= 4 is 55.6 Å². The van der Waals surface area contributed by atoms with Crippen LogP contribution in [0, 0.1) is 0 Å². The standard InChI is InChI=1S/C24H23N3O4/c1-4-27-17-9-7-13-11-15(23(28)30-5-2)25-21(13)19(17)20-18(27)10-8-14-12-16(26-22(14)20)24(29)31-6-3/h7-12,25-26H,4-6H2,1-3H3. The molecule has 0 unspecified atom stereocenters. The van der Waals surface area contributed by atoms with Gasteiger partial charge in [-0.3, -0.25) is 0 Å². The SMILES string of the molecule is CCOC(=O)c1cc2ccc3c(c2[nH]1)c1c2[nH]c(C(=O)OCC)cc2ccc1n3CC. The highest BCUT2D eigenvalue weighted by Crippen LogP contribution is 2.38. The van der Waals surface area contributed by atoms with Crippen LogP contribution in [0.2, 0.25) is 0 Å². The Morgan fingerprint density at radius 3 is 1.61 bits per heavy atom. The first-order valence-electron chi connectivity index (χ1n) is 10.5. The fourth-order valence-corrected chi connectivity index (χ4v) is 4.44. The van der Waals surface area contributed by atoms with E-state index in [0.29, 0.717) is 24.6 Å². The second-order valence-corrected chi connectivity index (χ2v) is 7.40. The van der Waals surface area contributed by atoms with Gasteiger partial charge in [0.15, 0.2) is 0 Å². The van der Waals surface area contributed by atoms with Crippen LogP contribution in [0.1, 0.15) is 41.7 Å². The summed E-state index contributed by atoms with van der Waals surface area (Å²) in [6, 6.07) is 11.8. The van der Waals surface area contributed by atoms with Gasteiger partial charge in [0.25, 0.3) is 0 Å². The van der Waals surface area contributed by atoms with E-state index in [1.165, 1.54) is 0 Å². The Kier molecular flexibility index (Phi) is 4.46. The molecule has 7 heteroatoms. The molecule has 7 nitrogen and oxygen atoms in total. The third kappa shape index (κ3) is 2.80. The molecule has 2 N–H and O–H groups in total. The smallest absolute Gasteiger partial charge is 0.354 e. The minimum atomic E-state index is -0.374. The van der Waals surface area contributed by atoms with Gasteiger partial charge in [0.05, 0.1) is 35.3 Å². The summed E-state index contributed by atoms with van der Waals surface area (Å²) in [5.74, 6) is -0.749. The average Bonchev–Trinajstić information content (AvgIpc) is 3.45. The van der Waals surface area contributed by atoms with Gasteiger partial charge in [-0.25, -0.2) is 9.59 Å². The molecule has 0 saturated heterocycles. The van der Waals surface area contributed by atoms with E-state index in [1.807, 2.05) is 24.3 Å². The molecule has 0 bridgehead atoms. The summed E-state index contributed by atoms with van der Waals surface area (Å²) in [6.45, 7) is 7.10. The molecule has 0 spiro atoms. The van der Waals surface area contributed by atoms with Gasteiger partial charge in [-0.15, -0.1) is 0 Å². The van der Waals surface area contributed by atoms with Gasteiger partial charge in [0, 0.05) is 28.1 Å². The second-order valence-electron chi connectivity index (χ2n) is 7.40. The highest BCUT2D eigenvalue weighted by Gasteiger charge is 2.20. The number of carbonyl (C=O) groups is 2. The van der Waals surface area contributed by atoms with Crippen LogP contribution in [0.15, 0.2) is 36.4 Å². The van der Waals surface area contributed by atoms with E-state index in [9.17, 15) is 9.59 Å². The number of benzene rings is 2. The molecule has 0 atom stereocenters. The number of carbonyl (C=O) groups excluding carboxylic acids is 2. The molecule has 0 aliphatic heterocycles. The van der Waals surface area contributed by atoms with Crippen LogP contribution in [0.4, 0.5) is 0 Å². The number of esters is 2. The number of rotatable bonds is 5. The number of aromatic amines is 2. The Hall–Kier alpha value is -3.74. The van der Waals surface area contributed by atoms with Crippen molar-refractivity contribution in [2.45, 2.75) is 27.3 Å². The highest BCUT2D eigenvalue weighted by atomic mass is 16.5. The molecule has 0 aliphatic rings. The largest absolute Gasteiger partial charge is 0.461 e. The molecule has 158 valence electrons. The van der Waals surface area contributed by atoms with Crippen molar-refractivity contribution in [2.75, 3.05) is 13.2 Å². The summed E-state index contributed by atoms with van der Waals surface area (Å²) in [5.41, 5.74) is 4.71. The first-order chi connectivity index (χ1) is 15.1.